The topological polar surface area (TPSA) is 133 Å². The summed E-state index contributed by atoms with van der Waals surface area (Å²) < 4.78 is 14.5. The monoisotopic (exact) mass is 384 g/mol. The molecular formula is C14H10BrFN2O5. The lowest BCUT2D eigenvalue weighted by atomic mass is 9.94. The number of hydrogen-bond acceptors (Lipinski definition) is 4. The number of rotatable bonds is 4. The summed E-state index contributed by atoms with van der Waals surface area (Å²) in [4.78, 5) is 36.7. The Hall–Kier alpha value is -2.68. The molecule has 0 bridgehead atoms. The highest BCUT2D eigenvalue weighted by molar-refractivity contribution is 9.08. The molecule has 0 saturated carbocycles. The quantitative estimate of drug-likeness (QED) is 0.596. The Kier molecular flexibility index (Phi) is 4.50. The van der Waals surface area contributed by atoms with Crippen LogP contribution in [0.15, 0.2) is 23.0 Å². The number of aromatic nitrogens is 1. The zero-order valence-corrected chi connectivity index (χ0v) is 13.0. The van der Waals surface area contributed by atoms with E-state index in [0.717, 1.165) is 0 Å². The molecule has 0 amide bonds. The van der Waals surface area contributed by atoms with Crippen LogP contribution in [0.5, 0.6) is 0 Å². The first-order valence-corrected chi connectivity index (χ1v) is 7.27. The van der Waals surface area contributed by atoms with E-state index in [2.05, 4.69) is 15.9 Å². The number of carboxylic acid groups (broad SMARTS) is 2. The van der Waals surface area contributed by atoms with Crippen LogP contribution in [0.25, 0.3) is 11.1 Å². The fourth-order valence-electron chi connectivity index (χ4n) is 2.19. The van der Waals surface area contributed by atoms with Crippen molar-refractivity contribution in [1.82, 2.24) is 4.98 Å². The van der Waals surface area contributed by atoms with Crippen LogP contribution in [0, 0.1) is 5.82 Å². The second-order valence-electron chi connectivity index (χ2n) is 4.52. The summed E-state index contributed by atoms with van der Waals surface area (Å²) >= 11 is 3.07. The Morgan fingerprint density at radius 3 is 2.35 bits per heavy atom. The number of carbonyl (C=O) groups is 2. The summed E-state index contributed by atoms with van der Waals surface area (Å²) in [5.74, 6) is -4.65. The molecule has 0 spiro atoms. The summed E-state index contributed by atoms with van der Waals surface area (Å²) in [6, 6.07) is 4.04. The Morgan fingerprint density at radius 2 is 1.83 bits per heavy atom. The SMILES string of the molecule is Nc1[nH]c(=O)c(C(=O)O)c(-c2cccc(CBr)c2F)c1C(=O)O. The van der Waals surface area contributed by atoms with E-state index in [4.69, 9.17) is 5.73 Å². The molecular weight excluding hydrogens is 375 g/mol. The molecule has 1 heterocycles. The van der Waals surface area contributed by atoms with Crippen molar-refractivity contribution in [3.8, 4) is 11.1 Å². The van der Waals surface area contributed by atoms with Crippen molar-refractivity contribution in [2.45, 2.75) is 5.33 Å². The number of H-pyrrole nitrogens is 1. The maximum absolute atomic E-state index is 14.5. The molecule has 0 radical (unpaired) electrons. The van der Waals surface area contributed by atoms with Crippen molar-refractivity contribution in [2.24, 2.45) is 0 Å². The van der Waals surface area contributed by atoms with Gasteiger partial charge in [-0.2, -0.15) is 0 Å². The van der Waals surface area contributed by atoms with Crippen molar-refractivity contribution in [2.75, 3.05) is 5.73 Å². The van der Waals surface area contributed by atoms with E-state index >= 15 is 0 Å². The number of halogens is 2. The van der Waals surface area contributed by atoms with Gasteiger partial charge in [0.15, 0.2) is 0 Å². The van der Waals surface area contributed by atoms with Gasteiger partial charge in [0.1, 0.15) is 22.8 Å². The average Bonchev–Trinajstić information content (AvgIpc) is 2.45. The molecule has 7 nitrogen and oxygen atoms in total. The molecule has 120 valence electrons. The van der Waals surface area contributed by atoms with Gasteiger partial charge in [0, 0.05) is 16.5 Å². The van der Waals surface area contributed by atoms with E-state index < -0.39 is 45.8 Å². The van der Waals surface area contributed by atoms with Crippen molar-refractivity contribution in [3.63, 3.8) is 0 Å². The van der Waals surface area contributed by atoms with Crippen LogP contribution in [0.1, 0.15) is 26.3 Å². The molecule has 0 aliphatic carbocycles. The van der Waals surface area contributed by atoms with Crippen LogP contribution in [-0.2, 0) is 5.33 Å². The van der Waals surface area contributed by atoms with Gasteiger partial charge in [-0.3, -0.25) is 4.79 Å². The maximum Gasteiger partial charge on any atom is 0.342 e. The zero-order chi connectivity index (χ0) is 17.3. The number of nitrogen functional groups attached to an aromatic ring is 1. The summed E-state index contributed by atoms with van der Waals surface area (Å²) in [5.41, 5.74) is 2.10. The van der Waals surface area contributed by atoms with Crippen LogP contribution >= 0.6 is 15.9 Å². The number of nitrogens with one attached hydrogen (secondary N) is 1. The maximum atomic E-state index is 14.5. The van der Waals surface area contributed by atoms with Crippen molar-refractivity contribution in [3.05, 3.63) is 51.1 Å². The van der Waals surface area contributed by atoms with Crippen LogP contribution in [0.3, 0.4) is 0 Å². The first kappa shape index (κ1) is 16.7. The number of benzene rings is 1. The lowest BCUT2D eigenvalue weighted by Crippen LogP contribution is -2.24. The molecule has 1 aromatic heterocycles. The van der Waals surface area contributed by atoms with Crippen LogP contribution in [-0.4, -0.2) is 27.1 Å². The molecule has 0 unspecified atom stereocenters. The van der Waals surface area contributed by atoms with Crippen molar-refractivity contribution >= 4 is 33.7 Å². The number of pyridine rings is 1. The van der Waals surface area contributed by atoms with Gasteiger partial charge in [-0.05, 0) is 5.56 Å². The van der Waals surface area contributed by atoms with Crippen LogP contribution in [0.4, 0.5) is 10.2 Å². The standard InChI is InChI=1S/C14H10BrFN2O5/c15-4-5-2-1-3-6(10(5)16)7-8(13(20)21)11(17)18-12(19)9(7)14(22)23/h1-3H,4H2,(H,20,21)(H,22,23)(H3,17,18,19). The first-order valence-electron chi connectivity index (χ1n) is 6.15. The van der Waals surface area contributed by atoms with Crippen LogP contribution < -0.4 is 11.3 Å². The second-order valence-corrected chi connectivity index (χ2v) is 5.08. The van der Waals surface area contributed by atoms with E-state index in [1.165, 1.54) is 18.2 Å². The van der Waals surface area contributed by atoms with E-state index in [1.54, 1.807) is 0 Å². The fraction of sp³-hybridized carbons (Fsp3) is 0.0714. The smallest absolute Gasteiger partial charge is 0.342 e. The minimum absolute atomic E-state index is 0.121. The Morgan fingerprint density at radius 1 is 1.22 bits per heavy atom. The average molecular weight is 385 g/mol. The van der Waals surface area contributed by atoms with Gasteiger partial charge < -0.3 is 20.9 Å². The van der Waals surface area contributed by atoms with Gasteiger partial charge in [-0.25, -0.2) is 14.0 Å². The van der Waals surface area contributed by atoms with Gasteiger partial charge in [-0.15, -0.1) is 0 Å². The van der Waals surface area contributed by atoms with Crippen molar-refractivity contribution in [1.29, 1.82) is 0 Å². The Balaban J connectivity index is 3.04. The minimum atomic E-state index is -1.69. The van der Waals surface area contributed by atoms with E-state index in [1.807, 2.05) is 4.98 Å². The van der Waals surface area contributed by atoms with Gasteiger partial charge in [-0.1, -0.05) is 34.1 Å². The minimum Gasteiger partial charge on any atom is -0.478 e. The van der Waals surface area contributed by atoms with Gasteiger partial charge in [0.25, 0.3) is 5.56 Å². The number of anilines is 1. The third kappa shape index (κ3) is 2.82. The highest BCUT2D eigenvalue weighted by atomic mass is 79.9. The molecule has 9 heteroatoms. The molecule has 5 N–H and O–H groups in total. The lowest BCUT2D eigenvalue weighted by molar-refractivity contribution is 0.0695. The Labute approximate surface area is 136 Å². The van der Waals surface area contributed by atoms with Gasteiger partial charge in [0.2, 0.25) is 0 Å². The molecule has 1 aromatic carbocycles. The van der Waals surface area contributed by atoms with Gasteiger partial charge >= 0.3 is 11.9 Å². The van der Waals surface area contributed by atoms with E-state index in [0.29, 0.717) is 0 Å². The predicted molar refractivity (Wildman–Crippen MR) is 83.4 cm³/mol. The first-order chi connectivity index (χ1) is 10.8. The van der Waals surface area contributed by atoms with Crippen molar-refractivity contribution < 1.29 is 24.2 Å². The lowest BCUT2D eigenvalue weighted by Gasteiger charge is -2.13. The number of carboxylic acids is 2. The molecule has 0 atom stereocenters. The number of aromatic amines is 1. The molecule has 0 aliphatic rings. The molecule has 0 aliphatic heterocycles. The molecule has 2 aromatic rings. The third-order valence-corrected chi connectivity index (χ3v) is 3.77. The predicted octanol–water partition coefficient (Wildman–Crippen LogP) is 2.05. The number of nitrogens with two attached hydrogens (primary N) is 1. The third-order valence-electron chi connectivity index (χ3n) is 3.16. The molecule has 2 rings (SSSR count). The fourth-order valence-corrected chi connectivity index (χ4v) is 2.63. The highest BCUT2D eigenvalue weighted by Crippen LogP contribution is 2.32. The normalized spacial score (nSPS) is 10.5. The second kappa shape index (κ2) is 6.21. The highest BCUT2D eigenvalue weighted by Gasteiger charge is 2.28. The molecule has 23 heavy (non-hydrogen) atoms. The summed E-state index contributed by atoms with van der Waals surface area (Å²) in [7, 11) is 0. The summed E-state index contributed by atoms with van der Waals surface area (Å²) in [6.45, 7) is 0. The van der Waals surface area contributed by atoms with Crippen LogP contribution in [0.2, 0.25) is 0 Å². The van der Waals surface area contributed by atoms with E-state index in [-0.39, 0.29) is 16.5 Å². The molecule has 0 fully saturated rings. The number of aromatic carboxylic acids is 2. The number of alkyl halides is 1. The largest absolute Gasteiger partial charge is 0.478 e. The molecule has 0 saturated heterocycles. The number of hydrogen-bond donors (Lipinski definition) is 4. The zero-order valence-electron chi connectivity index (χ0n) is 11.4. The van der Waals surface area contributed by atoms with E-state index in [9.17, 15) is 29.0 Å². The van der Waals surface area contributed by atoms with Gasteiger partial charge in [0.05, 0.1) is 0 Å². The summed E-state index contributed by atoms with van der Waals surface area (Å²) in [6.07, 6.45) is 0. The Bertz CT molecular complexity index is 878. The summed E-state index contributed by atoms with van der Waals surface area (Å²) in [5, 5.41) is 18.7.